The Morgan fingerprint density at radius 3 is 2.81 bits per heavy atom. The first-order chi connectivity index (χ1) is 14.7. The molecule has 0 radical (unpaired) electrons. The van der Waals surface area contributed by atoms with E-state index in [0.717, 1.165) is 22.8 Å². The Morgan fingerprint density at radius 2 is 2.06 bits per heavy atom. The van der Waals surface area contributed by atoms with Crippen LogP contribution in [-0.2, 0) is 19.6 Å². The maximum absolute atomic E-state index is 13.6. The van der Waals surface area contributed by atoms with Crippen LogP contribution in [0.25, 0.3) is 0 Å². The molecular formula is C21H24IN3O5S. The van der Waals surface area contributed by atoms with Crippen molar-refractivity contribution < 1.29 is 23.1 Å². The van der Waals surface area contributed by atoms with Gasteiger partial charge in [-0.1, -0.05) is 13.8 Å². The quantitative estimate of drug-likeness (QED) is 0.552. The number of sulfonamides is 1. The van der Waals surface area contributed by atoms with Crippen LogP contribution in [0.4, 0.5) is 5.69 Å². The molecule has 0 aromatic heterocycles. The standard InChI is InChI=1S/C21H24IN3O5S/c1-10(2)7-8-25-18-14-6-5-13(30-14)16(18)19(26)17(21(25)27)20-23-12-4-3-11(22)9-15(12)31(28,29)24-20/h3-4,9-10,13-14,16,18,26H,5-8H2,1-2H3,(H,23,24). The van der Waals surface area contributed by atoms with Crippen molar-refractivity contribution in [2.45, 2.75) is 56.3 Å². The minimum Gasteiger partial charge on any atom is -0.511 e. The monoisotopic (exact) mass is 557 g/mol. The van der Waals surface area contributed by atoms with E-state index in [9.17, 15) is 18.3 Å². The van der Waals surface area contributed by atoms with Crippen LogP contribution in [0.15, 0.2) is 38.8 Å². The summed E-state index contributed by atoms with van der Waals surface area (Å²) in [5, 5.41) is 14.2. The van der Waals surface area contributed by atoms with E-state index in [2.05, 4.69) is 23.6 Å². The molecule has 4 aliphatic rings. The second-order valence-electron chi connectivity index (χ2n) is 8.93. The Kier molecular flexibility index (Phi) is 5.09. The summed E-state index contributed by atoms with van der Waals surface area (Å²) in [7, 11) is -4.01. The first-order valence-corrected chi connectivity index (χ1v) is 13.0. The van der Waals surface area contributed by atoms with E-state index in [0.29, 0.717) is 18.2 Å². The van der Waals surface area contributed by atoms with E-state index in [1.54, 1.807) is 17.0 Å². The fourth-order valence-electron chi connectivity index (χ4n) is 5.05. The summed E-state index contributed by atoms with van der Waals surface area (Å²) in [6, 6.07) is 4.73. The number of carbonyl (C=O) groups excluding carboxylic acids is 1. The van der Waals surface area contributed by atoms with Gasteiger partial charge in [0.25, 0.3) is 15.9 Å². The first kappa shape index (κ1) is 21.2. The van der Waals surface area contributed by atoms with Gasteiger partial charge in [0, 0.05) is 10.1 Å². The van der Waals surface area contributed by atoms with Crippen molar-refractivity contribution in [2.24, 2.45) is 16.2 Å². The third-order valence-corrected chi connectivity index (χ3v) is 8.50. The second-order valence-corrected chi connectivity index (χ2v) is 11.7. The minimum absolute atomic E-state index is 0.0595. The summed E-state index contributed by atoms with van der Waals surface area (Å²) in [6.45, 7) is 4.71. The molecule has 2 N–H and O–H groups in total. The smallest absolute Gasteiger partial charge is 0.286 e. The Bertz CT molecular complexity index is 1130. The number of nitrogens with one attached hydrogen (secondary N) is 1. The molecule has 31 heavy (non-hydrogen) atoms. The fourth-order valence-corrected chi connectivity index (χ4v) is 6.91. The van der Waals surface area contributed by atoms with Crippen molar-refractivity contribution in [3.8, 4) is 0 Å². The molecule has 4 atom stereocenters. The molecule has 1 aromatic carbocycles. The lowest BCUT2D eigenvalue weighted by Gasteiger charge is -2.42. The van der Waals surface area contributed by atoms with E-state index in [-0.39, 0.29) is 46.2 Å². The highest BCUT2D eigenvalue weighted by Gasteiger charge is 2.58. The van der Waals surface area contributed by atoms with E-state index < -0.39 is 15.9 Å². The predicted octanol–water partition coefficient (Wildman–Crippen LogP) is 3.05. The Labute approximate surface area is 194 Å². The van der Waals surface area contributed by atoms with Gasteiger partial charge in [0.1, 0.15) is 16.2 Å². The first-order valence-electron chi connectivity index (χ1n) is 10.5. The van der Waals surface area contributed by atoms with Crippen LogP contribution in [0, 0.1) is 15.4 Å². The van der Waals surface area contributed by atoms with E-state index >= 15 is 0 Å². The Morgan fingerprint density at radius 1 is 1.32 bits per heavy atom. The van der Waals surface area contributed by atoms with Crippen LogP contribution in [0.2, 0.25) is 0 Å². The number of aliphatic hydroxyl groups excluding tert-OH is 1. The number of amides is 1. The van der Waals surface area contributed by atoms with Crippen molar-refractivity contribution in [2.75, 3.05) is 11.9 Å². The molecule has 4 heterocycles. The van der Waals surface area contributed by atoms with Gasteiger partial charge in [0.2, 0.25) is 0 Å². The van der Waals surface area contributed by atoms with Crippen LogP contribution >= 0.6 is 22.6 Å². The third kappa shape index (κ3) is 3.37. The molecule has 0 saturated carbocycles. The number of fused-ring (bicyclic) bond motifs is 6. The Hall–Kier alpha value is -1.66. The summed E-state index contributed by atoms with van der Waals surface area (Å²) in [5.74, 6) is -0.589. The number of hydrogen-bond donors (Lipinski definition) is 2. The normalized spacial score (nSPS) is 30.9. The number of anilines is 1. The highest BCUT2D eigenvalue weighted by atomic mass is 127. The van der Waals surface area contributed by atoms with Gasteiger partial charge in [-0.25, -0.2) is 0 Å². The van der Waals surface area contributed by atoms with Gasteiger partial charge in [0.05, 0.1) is 29.9 Å². The fraction of sp³-hybridized carbons (Fsp3) is 0.524. The molecule has 1 aromatic rings. The molecule has 4 unspecified atom stereocenters. The number of benzene rings is 1. The summed E-state index contributed by atoms with van der Waals surface area (Å²) in [5.41, 5.74) is 0.285. The third-order valence-electron chi connectivity index (χ3n) is 6.51. The molecule has 0 aliphatic carbocycles. The van der Waals surface area contributed by atoms with E-state index in [1.165, 1.54) is 6.07 Å². The average molecular weight is 557 g/mol. The van der Waals surface area contributed by atoms with Crippen molar-refractivity contribution in [3.05, 3.63) is 33.1 Å². The molecule has 0 spiro atoms. The zero-order valence-electron chi connectivity index (χ0n) is 17.2. The molecule has 2 fully saturated rings. The molecule has 2 saturated heterocycles. The van der Waals surface area contributed by atoms with Crippen molar-refractivity contribution in [1.29, 1.82) is 0 Å². The van der Waals surface area contributed by atoms with Crippen molar-refractivity contribution in [1.82, 2.24) is 4.90 Å². The number of rotatable bonds is 4. The molecule has 10 heteroatoms. The van der Waals surface area contributed by atoms with Gasteiger partial charge in [-0.15, -0.1) is 4.40 Å². The van der Waals surface area contributed by atoms with Crippen LogP contribution in [0.1, 0.15) is 33.1 Å². The summed E-state index contributed by atoms with van der Waals surface area (Å²) < 4.78 is 36.4. The average Bonchev–Trinajstić information content (AvgIpc) is 3.30. The zero-order valence-corrected chi connectivity index (χ0v) is 20.2. The molecule has 166 valence electrons. The van der Waals surface area contributed by atoms with Gasteiger partial charge >= 0.3 is 0 Å². The van der Waals surface area contributed by atoms with Gasteiger partial charge < -0.3 is 20.1 Å². The number of hydrogen-bond acceptors (Lipinski definition) is 6. The highest BCUT2D eigenvalue weighted by Crippen LogP contribution is 2.48. The lowest BCUT2D eigenvalue weighted by molar-refractivity contribution is -0.132. The summed E-state index contributed by atoms with van der Waals surface area (Å²) >= 11 is 2.04. The predicted molar refractivity (Wildman–Crippen MR) is 123 cm³/mol. The van der Waals surface area contributed by atoms with Crippen LogP contribution in [-0.4, -0.2) is 55.0 Å². The van der Waals surface area contributed by atoms with Gasteiger partial charge in [-0.05, 0) is 66.0 Å². The number of amidine groups is 1. The molecule has 2 bridgehead atoms. The van der Waals surface area contributed by atoms with E-state index in [1.807, 2.05) is 22.6 Å². The second kappa shape index (κ2) is 7.45. The Balaban J connectivity index is 1.60. The topological polar surface area (TPSA) is 108 Å². The highest BCUT2D eigenvalue weighted by molar-refractivity contribution is 14.1. The largest absolute Gasteiger partial charge is 0.511 e. The lowest BCUT2D eigenvalue weighted by atomic mass is 9.77. The molecule has 1 amide bonds. The van der Waals surface area contributed by atoms with Crippen LogP contribution < -0.4 is 5.32 Å². The SMILES string of the molecule is CC(C)CCN1C(=O)C(C2=NS(=O)(=O)c3cc(I)ccc3N2)=C(O)C2C3CCC(O3)C21. The maximum atomic E-state index is 13.6. The number of nitrogens with zero attached hydrogens (tertiary/aromatic N) is 2. The van der Waals surface area contributed by atoms with Crippen molar-refractivity contribution in [3.63, 3.8) is 0 Å². The molecule has 8 nitrogen and oxygen atoms in total. The van der Waals surface area contributed by atoms with Crippen LogP contribution in [0.5, 0.6) is 0 Å². The maximum Gasteiger partial charge on any atom is 0.286 e. The lowest BCUT2D eigenvalue weighted by Crippen LogP contribution is -2.56. The zero-order chi connectivity index (χ0) is 22.1. The molecule has 4 aliphatic heterocycles. The summed E-state index contributed by atoms with van der Waals surface area (Å²) in [4.78, 5) is 15.4. The number of carbonyl (C=O) groups is 1. The number of aliphatic hydroxyl groups is 1. The van der Waals surface area contributed by atoms with Crippen LogP contribution in [0.3, 0.4) is 0 Å². The van der Waals surface area contributed by atoms with E-state index in [4.69, 9.17) is 4.74 Å². The number of ether oxygens (including phenoxy) is 1. The minimum atomic E-state index is -4.01. The van der Waals surface area contributed by atoms with Gasteiger partial charge in [0.15, 0.2) is 5.84 Å². The molecular weight excluding hydrogens is 533 g/mol. The van der Waals surface area contributed by atoms with Crippen molar-refractivity contribution >= 4 is 50.0 Å². The van der Waals surface area contributed by atoms with Gasteiger partial charge in [-0.2, -0.15) is 8.42 Å². The summed E-state index contributed by atoms with van der Waals surface area (Å²) in [6.07, 6.45) is 2.21. The van der Waals surface area contributed by atoms with Gasteiger partial charge in [-0.3, -0.25) is 4.79 Å². The number of halogens is 1. The molecule has 5 rings (SSSR count).